The maximum Gasteiger partial charge on any atom is 0.0104 e. The molecule has 0 bridgehead atoms. The average Bonchev–Trinajstić information content (AvgIpc) is 1.85. The van der Waals surface area contributed by atoms with Gasteiger partial charge in [-0.1, -0.05) is 21.8 Å². The molecule has 72 valence electrons. The van der Waals surface area contributed by atoms with Gasteiger partial charge in [0.15, 0.2) is 0 Å². The fourth-order valence-electron chi connectivity index (χ4n) is 0.796. The van der Waals surface area contributed by atoms with E-state index in [0.717, 1.165) is 13.1 Å². The van der Waals surface area contributed by atoms with Gasteiger partial charge in [0.25, 0.3) is 0 Å². The molecular formula is C9H26N2. The zero-order valence-electron chi connectivity index (χ0n) is 6.78. The smallest absolute Gasteiger partial charge is 0.0104 e. The third kappa shape index (κ3) is 13.0. The molecule has 11 heavy (non-hydrogen) atoms. The molecule has 0 heterocycles. The molecular weight excluding hydrogens is 136 g/mol. The van der Waals surface area contributed by atoms with Crippen LogP contribution in [0.25, 0.3) is 0 Å². The highest BCUT2D eigenvalue weighted by Gasteiger charge is 1.91. The fraction of sp³-hybridized carbons (Fsp3) is 1.00. The summed E-state index contributed by atoms with van der Waals surface area (Å²) in [5, 5.41) is 3.12. The Morgan fingerprint density at radius 3 is 2.09 bits per heavy atom. The molecule has 0 saturated carbocycles. The third-order valence-corrected chi connectivity index (χ3v) is 1.35. The van der Waals surface area contributed by atoms with Gasteiger partial charge in [-0.15, -0.1) is 0 Å². The predicted octanol–water partition coefficient (Wildman–Crippen LogP) is 1.82. The van der Waals surface area contributed by atoms with Crippen molar-refractivity contribution in [2.45, 2.75) is 28.2 Å². The van der Waals surface area contributed by atoms with Gasteiger partial charge in [0.2, 0.25) is 0 Å². The van der Waals surface area contributed by atoms with E-state index in [4.69, 9.17) is 0 Å². The molecule has 0 atom stereocenters. The Bertz CT molecular complexity index is 55.5. The minimum absolute atomic E-state index is 0. The molecule has 0 radical (unpaired) electrons. The van der Waals surface area contributed by atoms with Crippen LogP contribution >= 0.6 is 0 Å². The lowest BCUT2D eigenvalue weighted by atomic mass is 10.4. The van der Waals surface area contributed by atoms with Crippen LogP contribution in [0.15, 0.2) is 0 Å². The van der Waals surface area contributed by atoms with Crippen LogP contribution in [0.1, 0.15) is 28.2 Å². The number of hydrogen-bond acceptors (Lipinski definition) is 2. The highest BCUT2D eigenvalue weighted by Crippen LogP contribution is 1.82. The van der Waals surface area contributed by atoms with Crippen LogP contribution in [-0.2, 0) is 0 Å². The molecule has 0 unspecified atom stereocenters. The van der Waals surface area contributed by atoms with Gasteiger partial charge in [-0.3, -0.25) is 0 Å². The molecule has 0 aromatic heterocycles. The second kappa shape index (κ2) is 12.6. The maximum absolute atomic E-state index is 3.12. The van der Waals surface area contributed by atoms with E-state index in [1.807, 2.05) is 7.05 Å². The molecule has 0 fully saturated rings. The van der Waals surface area contributed by atoms with Gasteiger partial charge in [-0.05, 0) is 27.1 Å². The highest BCUT2D eigenvalue weighted by molar-refractivity contribution is 4.50. The van der Waals surface area contributed by atoms with Crippen molar-refractivity contribution in [1.82, 2.24) is 10.2 Å². The van der Waals surface area contributed by atoms with Crippen molar-refractivity contribution in [1.29, 1.82) is 0 Å². The van der Waals surface area contributed by atoms with E-state index in [9.17, 15) is 0 Å². The number of hydrogen-bond donors (Lipinski definition) is 1. The molecule has 0 aromatic rings. The van der Waals surface area contributed by atoms with Crippen molar-refractivity contribution in [2.75, 3.05) is 33.7 Å². The van der Waals surface area contributed by atoms with E-state index in [2.05, 4.69) is 24.2 Å². The first-order chi connectivity index (χ1) is 4.31. The van der Waals surface area contributed by atoms with Crippen LogP contribution in [0, 0.1) is 0 Å². The van der Waals surface area contributed by atoms with Crippen molar-refractivity contribution in [3.8, 4) is 0 Å². The summed E-state index contributed by atoms with van der Waals surface area (Å²) in [7, 11) is 4.14. The Balaban J connectivity index is -0.000000320. The summed E-state index contributed by atoms with van der Waals surface area (Å²) < 4.78 is 0. The molecule has 0 rings (SSSR count). The fourth-order valence-corrected chi connectivity index (χ4v) is 0.796. The molecule has 0 aromatic carbocycles. The topological polar surface area (TPSA) is 15.3 Å². The van der Waals surface area contributed by atoms with Crippen LogP contribution < -0.4 is 5.32 Å². The summed E-state index contributed by atoms with van der Waals surface area (Å²) in [6.07, 6.45) is 1.25. The highest BCUT2D eigenvalue weighted by atomic mass is 15.1. The third-order valence-electron chi connectivity index (χ3n) is 1.35. The zero-order valence-corrected chi connectivity index (χ0v) is 6.78. The summed E-state index contributed by atoms with van der Waals surface area (Å²) >= 11 is 0. The molecule has 0 aliphatic rings. The number of nitrogens with one attached hydrogen (secondary N) is 1. The largest absolute Gasteiger partial charge is 0.318 e. The van der Waals surface area contributed by atoms with Crippen LogP contribution in [0.4, 0.5) is 0 Å². The molecule has 1 N–H and O–H groups in total. The maximum atomic E-state index is 3.12. The second-order valence-electron chi connectivity index (χ2n) is 2.41. The van der Waals surface area contributed by atoms with Gasteiger partial charge in [0.1, 0.15) is 0 Å². The minimum atomic E-state index is 0. The van der Waals surface area contributed by atoms with Gasteiger partial charge in [0, 0.05) is 13.1 Å². The second-order valence-corrected chi connectivity index (χ2v) is 2.41. The lowest BCUT2D eigenvalue weighted by Gasteiger charge is -2.13. The quantitative estimate of drug-likeness (QED) is 0.663. The molecule has 0 spiro atoms. The summed E-state index contributed by atoms with van der Waals surface area (Å²) in [4.78, 5) is 2.33. The number of nitrogens with zero attached hydrogens (tertiary/aromatic N) is 1. The first kappa shape index (κ1) is 17.1. The zero-order chi connectivity index (χ0) is 7.11. The van der Waals surface area contributed by atoms with Crippen molar-refractivity contribution in [2.24, 2.45) is 0 Å². The van der Waals surface area contributed by atoms with Crippen molar-refractivity contribution >= 4 is 0 Å². The van der Waals surface area contributed by atoms with Crippen LogP contribution in [0.3, 0.4) is 0 Å². The standard InChI is InChI=1S/C7H18N2.2CH4/c1-4-6-9(3)7-5-8-2;;/h8H,4-7H2,1-3H3;2*1H4. The lowest BCUT2D eigenvalue weighted by Crippen LogP contribution is -2.27. The molecule has 0 aliphatic carbocycles. The van der Waals surface area contributed by atoms with Crippen LogP contribution in [-0.4, -0.2) is 38.6 Å². The Morgan fingerprint density at radius 1 is 1.18 bits per heavy atom. The van der Waals surface area contributed by atoms with E-state index in [-0.39, 0.29) is 14.9 Å². The summed E-state index contributed by atoms with van der Waals surface area (Å²) in [5.74, 6) is 0. The molecule has 0 aliphatic heterocycles. The van der Waals surface area contributed by atoms with Crippen molar-refractivity contribution in [3.05, 3.63) is 0 Å². The minimum Gasteiger partial charge on any atom is -0.318 e. The van der Waals surface area contributed by atoms with Crippen molar-refractivity contribution < 1.29 is 0 Å². The summed E-state index contributed by atoms with van der Waals surface area (Å²) in [5.41, 5.74) is 0. The van der Waals surface area contributed by atoms with Gasteiger partial charge >= 0.3 is 0 Å². The summed E-state index contributed by atoms with van der Waals surface area (Å²) in [6.45, 7) is 5.67. The van der Waals surface area contributed by atoms with E-state index in [0.29, 0.717) is 0 Å². The number of likely N-dealkylation sites (N-methyl/N-ethyl adjacent to an activating group) is 2. The van der Waals surface area contributed by atoms with Crippen LogP contribution in [0.5, 0.6) is 0 Å². The SMILES string of the molecule is C.C.CCCN(C)CCNC. The molecule has 0 amide bonds. The van der Waals surface area contributed by atoms with E-state index >= 15 is 0 Å². The van der Waals surface area contributed by atoms with Crippen molar-refractivity contribution in [3.63, 3.8) is 0 Å². The van der Waals surface area contributed by atoms with Crippen LogP contribution in [0.2, 0.25) is 0 Å². The lowest BCUT2D eigenvalue weighted by molar-refractivity contribution is 0.336. The Morgan fingerprint density at radius 2 is 1.73 bits per heavy atom. The van der Waals surface area contributed by atoms with E-state index in [1.54, 1.807) is 0 Å². The van der Waals surface area contributed by atoms with E-state index < -0.39 is 0 Å². The Kier molecular flexibility index (Phi) is 19.6. The number of rotatable bonds is 5. The Hall–Kier alpha value is -0.0800. The Labute approximate surface area is 73.0 Å². The predicted molar refractivity (Wildman–Crippen MR) is 55.2 cm³/mol. The van der Waals surface area contributed by atoms with Gasteiger partial charge < -0.3 is 10.2 Å². The average molecular weight is 162 g/mol. The first-order valence-electron chi connectivity index (χ1n) is 3.64. The molecule has 2 heteroatoms. The first-order valence-corrected chi connectivity index (χ1v) is 3.64. The summed E-state index contributed by atoms with van der Waals surface area (Å²) in [6, 6.07) is 0. The van der Waals surface area contributed by atoms with E-state index in [1.165, 1.54) is 13.0 Å². The van der Waals surface area contributed by atoms with Gasteiger partial charge in [-0.25, -0.2) is 0 Å². The molecule has 0 saturated heterocycles. The van der Waals surface area contributed by atoms with Gasteiger partial charge in [0.05, 0.1) is 0 Å². The van der Waals surface area contributed by atoms with Gasteiger partial charge in [-0.2, -0.15) is 0 Å². The monoisotopic (exact) mass is 162 g/mol. The normalized spacial score (nSPS) is 8.73. The molecule has 2 nitrogen and oxygen atoms in total.